The molecule has 0 bridgehead atoms. The Morgan fingerprint density at radius 3 is 2.80 bits per heavy atom. The monoisotopic (exact) mass is 207 g/mol. The molecule has 2 rings (SSSR count). The van der Waals surface area contributed by atoms with Crippen LogP contribution in [0.1, 0.15) is 32.1 Å². The van der Waals surface area contributed by atoms with Gasteiger partial charge < -0.3 is 9.88 Å². The van der Waals surface area contributed by atoms with Crippen LogP contribution in [0, 0.1) is 0 Å². The van der Waals surface area contributed by atoms with E-state index in [0.717, 1.165) is 0 Å². The lowest BCUT2D eigenvalue weighted by Crippen LogP contribution is -2.26. The standard InChI is InChI=1S/C11H17N3O/c1-14-8-7-10(13-11(14)15)12-9-5-3-2-4-6-9/h7-9H,2-6H2,1H3,(H,12,13,15). The van der Waals surface area contributed by atoms with Crippen molar-refractivity contribution in [2.75, 3.05) is 5.32 Å². The molecule has 0 aliphatic heterocycles. The van der Waals surface area contributed by atoms with Crippen molar-refractivity contribution >= 4 is 5.82 Å². The molecular formula is C11H17N3O. The lowest BCUT2D eigenvalue weighted by molar-refractivity contribution is 0.461. The van der Waals surface area contributed by atoms with Gasteiger partial charge in [0, 0.05) is 19.3 Å². The lowest BCUT2D eigenvalue weighted by Gasteiger charge is -2.23. The van der Waals surface area contributed by atoms with E-state index in [1.165, 1.54) is 36.7 Å². The topological polar surface area (TPSA) is 46.9 Å². The van der Waals surface area contributed by atoms with Crippen LogP contribution in [0.2, 0.25) is 0 Å². The van der Waals surface area contributed by atoms with Gasteiger partial charge in [-0.05, 0) is 18.9 Å². The highest BCUT2D eigenvalue weighted by atomic mass is 16.1. The molecule has 0 spiro atoms. The normalized spacial score (nSPS) is 17.7. The minimum Gasteiger partial charge on any atom is -0.367 e. The van der Waals surface area contributed by atoms with Crippen molar-refractivity contribution in [3.63, 3.8) is 0 Å². The van der Waals surface area contributed by atoms with Gasteiger partial charge in [0.1, 0.15) is 5.82 Å². The van der Waals surface area contributed by atoms with Gasteiger partial charge in [-0.1, -0.05) is 19.3 Å². The summed E-state index contributed by atoms with van der Waals surface area (Å²) in [5, 5.41) is 3.32. The predicted molar refractivity (Wildman–Crippen MR) is 60.0 cm³/mol. The molecule has 0 unspecified atom stereocenters. The second-order valence-corrected chi connectivity index (χ2v) is 4.19. The molecule has 1 aromatic rings. The summed E-state index contributed by atoms with van der Waals surface area (Å²) in [6, 6.07) is 2.36. The van der Waals surface area contributed by atoms with Crippen molar-refractivity contribution in [1.82, 2.24) is 9.55 Å². The Hall–Kier alpha value is -1.32. The maximum absolute atomic E-state index is 11.3. The highest BCUT2D eigenvalue weighted by Gasteiger charge is 2.13. The van der Waals surface area contributed by atoms with E-state index in [4.69, 9.17) is 0 Å². The van der Waals surface area contributed by atoms with E-state index in [1.54, 1.807) is 13.2 Å². The molecule has 1 aliphatic carbocycles. The fraction of sp³-hybridized carbons (Fsp3) is 0.636. The minimum absolute atomic E-state index is 0.198. The molecule has 1 heterocycles. The molecule has 4 heteroatoms. The van der Waals surface area contributed by atoms with Crippen LogP contribution >= 0.6 is 0 Å². The number of anilines is 1. The van der Waals surface area contributed by atoms with Crippen molar-refractivity contribution < 1.29 is 0 Å². The predicted octanol–water partition coefficient (Wildman–Crippen LogP) is 1.52. The summed E-state index contributed by atoms with van der Waals surface area (Å²) in [6.45, 7) is 0. The first-order chi connectivity index (χ1) is 7.25. The maximum atomic E-state index is 11.3. The first kappa shape index (κ1) is 10.2. The molecule has 1 aromatic heterocycles. The summed E-state index contributed by atoms with van der Waals surface area (Å²) in [4.78, 5) is 15.3. The largest absolute Gasteiger partial charge is 0.367 e. The molecule has 0 radical (unpaired) electrons. The fourth-order valence-corrected chi connectivity index (χ4v) is 2.00. The zero-order chi connectivity index (χ0) is 10.7. The highest BCUT2D eigenvalue weighted by Crippen LogP contribution is 2.20. The minimum atomic E-state index is -0.198. The third-order valence-corrected chi connectivity index (χ3v) is 2.93. The van der Waals surface area contributed by atoms with Crippen molar-refractivity contribution in [1.29, 1.82) is 0 Å². The van der Waals surface area contributed by atoms with Gasteiger partial charge >= 0.3 is 5.69 Å². The first-order valence-corrected chi connectivity index (χ1v) is 5.56. The summed E-state index contributed by atoms with van der Waals surface area (Å²) in [6.07, 6.45) is 8.03. The van der Waals surface area contributed by atoms with Crippen molar-refractivity contribution in [2.24, 2.45) is 7.05 Å². The van der Waals surface area contributed by atoms with Gasteiger partial charge in [-0.2, -0.15) is 4.98 Å². The van der Waals surface area contributed by atoms with Crippen molar-refractivity contribution in [3.05, 3.63) is 22.7 Å². The molecule has 1 fully saturated rings. The van der Waals surface area contributed by atoms with E-state index < -0.39 is 0 Å². The molecule has 15 heavy (non-hydrogen) atoms. The van der Waals surface area contributed by atoms with Crippen molar-refractivity contribution in [2.45, 2.75) is 38.1 Å². The Morgan fingerprint density at radius 2 is 2.13 bits per heavy atom. The highest BCUT2D eigenvalue weighted by molar-refractivity contribution is 5.33. The van der Waals surface area contributed by atoms with Gasteiger partial charge in [-0.25, -0.2) is 4.79 Å². The van der Waals surface area contributed by atoms with E-state index in [-0.39, 0.29) is 5.69 Å². The van der Waals surface area contributed by atoms with Crippen molar-refractivity contribution in [3.8, 4) is 0 Å². The van der Waals surface area contributed by atoms with Gasteiger partial charge in [-0.3, -0.25) is 0 Å². The SMILES string of the molecule is Cn1ccc(NC2CCCCC2)nc1=O. The lowest BCUT2D eigenvalue weighted by atomic mass is 9.95. The Balaban J connectivity index is 2.03. The zero-order valence-corrected chi connectivity index (χ0v) is 9.07. The Kier molecular flexibility index (Phi) is 3.04. The average Bonchev–Trinajstić information content (AvgIpc) is 2.25. The van der Waals surface area contributed by atoms with E-state index in [2.05, 4.69) is 10.3 Å². The Labute approximate surface area is 89.3 Å². The van der Waals surface area contributed by atoms with Crippen LogP contribution in [-0.4, -0.2) is 15.6 Å². The number of nitrogens with one attached hydrogen (secondary N) is 1. The molecule has 1 saturated carbocycles. The third-order valence-electron chi connectivity index (χ3n) is 2.93. The molecule has 1 aliphatic rings. The number of hydrogen-bond donors (Lipinski definition) is 1. The van der Waals surface area contributed by atoms with Crippen LogP contribution < -0.4 is 11.0 Å². The zero-order valence-electron chi connectivity index (χ0n) is 9.07. The quantitative estimate of drug-likeness (QED) is 0.800. The van der Waals surface area contributed by atoms with Gasteiger partial charge in [0.2, 0.25) is 0 Å². The summed E-state index contributed by atoms with van der Waals surface area (Å²) >= 11 is 0. The van der Waals surface area contributed by atoms with Crippen LogP contribution in [0.15, 0.2) is 17.1 Å². The van der Waals surface area contributed by atoms with Gasteiger partial charge in [0.25, 0.3) is 0 Å². The van der Waals surface area contributed by atoms with E-state index in [9.17, 15) is 4.79 Å². The molecular weight excluding hydrogens is 190 g/mol. The average molecular weight is 207 g/mol. The molecule has 0 atom stereocenters. The van der Waals surface area contributed by atoms with Crippen LogP contribution in [0.5, 0.6) is 0 Å². The summed E-state index contributed by atoms with van der Waals surface area (Å²) in [5.74, 6) is 0.713. The van der Waals surface area contributed by atoms with E-state index in [1.807, 2.05) is 6.07 Å². The maximum Gasteiger partial charge on any atom is 0.349 e. The molecule has 0 saturated heterocycles. The Morgan fingerprint density at radius 1 is 1.40 bits per heavy atom. The number of aromatic nitrogens is 2. The second-order valence-electron chi connectivity index (χ2n) is 4.19. The number of nitrogens with zero attached hydrogens (tertiary/aromatic N) is 2. The van der Waals surface area contributed by atoms with Gasteiger partial charge in [0.15, 0.2) is 0 Å². The van der Waals surface area contributed by atoms with Gasteiger partial charge in [0.05, 0.1) is 0 Å². The summed E-state index contributed by atoms with van der Waals surface area (Å²) in [5.41, 5.74) is -0.198. The van der Waals surface area contributed by atoms with Crippen LogP contribution in [-0.2, 0) is 7.05 Å². The van der Waals surface area contributed by atoms with Crippen LogP contribution in [0.4, 0.5) is 5.82 Å². The first-order valence-electron chi connectivity index (χ1n) is 5.56. The summed E-state index contributed by atoms with van der Waals surface area (Å²) < 4.78 is 1.48. The smallest absolute Gasteiger partial charge is 0.349 e. The molecule has 0 amide bonds. The molecule has 0 aromatic carbocycles. The fourth-order valence-electron chi connectivity index (χ4n) is 2.00. The summed E-state index contributed by atoms with van der Waals surface area (Å²) in [7, 11) is 1.71. The van der Waals surface area contributed by atoms with Crippen LogP contribution in [0.25, 0.3) is 0 Å². The van der Waals surface area contributed by atoms with Gasteiger partial charge in [-0.15, -0.1) is 0 Å². The van der Waals surface area contributed by atoms with E-state index in [0.29, 0.717) is 11.9 Å². The van der Waals surface area contributed by atoms with Crippen LogP contribution in [0.3, 0.4) is 0 Å². The number of aryl methyl sites for hydroxylation is 1. The second kappa shape index (κ2) is 4.47. The number of rotatable bonds is 2. The Bertz CT molecular complexity index is 380. The third kappa shape index (κ3) is 2.58. The molecule has 82 valence electrons. The molecule has 1 N–H and O–H groups in total. The molecule has 4 nitrogen and oxygen atoms in total. The number of hydrogen-bond acceptors (Lipinski definition) is 3. The van der Waals surface area contributed by atoms with E-state index >= 15 is 0 Å².